The number of fused-ring (bicyclic) bond motifs is 1. The zero-order valence-corrected chi connectivity index (χ0v) is 11.3. The molecule has 5 heteroatoms. The van der Waals surface area contributed by atoms with Crippen molar-refractivity contribution < 1.29 is 8.42 Å². The Labute approximate surface area is 107 Å². The fourth-order valence-electron chi connectivity index (χ4n) is 1.64. The average molecular weight is 320 g/mol. The molecule has 2 rings (SSSR count). The lowest BCUT2D eigenvalue weighted by Gasteiger charge is -2.06. The van der Waals surface area contributed by atoms with Crippen LogP contribution < -0.4 is 0 Å². The summed E-state index contributed by atoms with van der Waals surface area (Å²) in [5.41, 5.74) is 0.716. The van der Waals surface area contributed by atoms with Gasteiger partial charge in [0.25, 0.3) is 0 Å². The van der Waals surface area contributed by atoms with E-state index in [2.05, 4.69) is 15.9 Å². The molecule has 0 N–H and O–H groups in total. The first kappa shape index (κ1) is 11.9. The van der Waals surface area contributed by atoms with Crippen LogP contribution in [0.5, 0.6) is 0 Å². The molecule has 0 aliphatic heterocycles. The van der Waals surface area contributed by atoms with E-state index in [4.69, 9.17) is 10.7 Å². The van der Waals surface area contributed by atoms with E-state index in [0.29, 0.717) is 5.56 Å². The van der Waals surface area contributed by atoms with Crippen LogP contribution in [0.15, 0.2) is 40.9 Å². The highest BCUT2D eigenvalue weighted by atomic mass is 79.9. The van der Waals surface area contributed by atoms with Gasteiger partial charge in [-0.1, -0.05) is 46.3 Å². The summed E-state index contributed by atoms with van der Waals surface area (Å²) >= 11 is 3.43. The highest BCUT2D eigenvalue weighted by Crippen LogP contribution is 2.28. The molecule has 0 fully saturated rings. The second-order valence-corrected chi connectivity index (χ2v) is 7.07. The Balaban J connectivity index is 2.68. The van der Waals surface area contributed by atoms with E-state index in [-0.39, 0.29) is 5.75 Å². The molecule has 0 heterocycles. The van der Waals surface area contributed by atoms with E-state index < -0.39 is 9.05 Å². The normalized spacial score (nSPS) is 11.9. The first-order chi connectivity index (χ1) is 7.47. The van der Waals surface area contributed by atoms with Crippen LogP contribution in [-0.4, -0.2) is 8.42 Å². The van der Waals surface area contributed by atoms with Crippen LogP contribution in [0, 0.1) is 0 Å². The molecule has 84 valence electrons. The minimum absolute atomic E-state index is 0.150. The van der Waals surface area contributed by atoms with Gasteiger partial charge in [-0.25, -0.2) is 8.42 Å². The summed E-state index contributed by atoms with van der Waals surface area (Å²) in [6.45, 7) is 0. The third-order valence-electron chi connectivity index (χ3n) is 2.29. The Kier molecular flexibility index (Phi) is 3.24. The molecule has 0 radical (unpaired) electrons. The molecule has 0 spiro atoms. The summed E-state index contributed by atoms with van der Waals surface area (Å²) in [5.74, 6) is -0.150. The molecule has 0 saturated carbocycles. The summed E-state index contributed by atoms with van der Waals surface area (Å²) < 4.78 is 23.1. The molecule has 0 amide bonds. The molecule has 2 nitrogen and oxygen atoms in total. The van der Waals surface area contributed by atoms with Gasteiger partial charge in [0.2, 0.25) is 9.05 Å². The van der Waals surface area contributed by atoms with Gasteiger partial charge in [0.15, 0.2) is 0 Å². The Morgan fingerprint density at radius 2 is 1.69 bits per heavy atom. The van der Waals surface area contributed by atoms with Crippen LogP contribution in [-0.2, 0) is 14.8 Å². The molecule has 0 atom stereocenters. The van der Waals surface area contributed by atoms with Gasteiger partial charge in [0, 0.05) is 15.2 Å². The second-order valence-electron chi connectivity index (χ2n) is 3.44. The molecule has 16 heavy (non-hydrogen) atoms. The summed E-state index contributed by atoms with van der Waals surface area (Å²) in [6.07, 6.45) is 0. The van der Waals surface area contributed by atoms with E-state index in [1.807, 2.05) is 30.3 Å². The van der Waals surface area contributed by atoms with Crippen molar-refractivity contribution >= 4 is 46.4 Å². The van der Waals surface area contributed by atoms with Crippen molar-refractivity contribution in [3.8, 4) is 0 Å². The summed E-state index contributed by atoms with van der Waals surface area (Å²) in [5, 5.41) is 1.89. The maximum absolute atomic E-state index is 11.1. The maximum atomic E-state index is 11.1. The van der Waals surface area contributed by atoms with Gasteiger partial charge in [0.05, 0.1) is 5.75 Å². The van der Waals surface area contributed by atoms with E-state index in [1.165, 1.54) is 0 Å². The third-order valence-corrected chi connectivity index (χ3v) is 3.96. The molecule has 2 aromatic rings. The van der Waals surface area contributed by atoms with Gasteiger partial charge in [0.1, 0.15) is 0 Å². The lowest BCUT2D eigenvalue weighted by atomic mass is 10.1. The standard InChI is InChI=1S/C11H8BrClO2S/c12-11-6-5-8(7-16(13,14)15)9-3-1-2-4-10(9)11/h1-6H,7H2. The molecule has 0 saturated heterocycles. The number of halogens is 2. The fourth-order valence-corrected chi connectivity index (χ4v) is 3.09. The molecular weight excluding hydrogens is 312 g/mol. The largest absolute Gasteiger partial charge is 0.236 e. The number of benzene rings is 2. The predicted molar refractivity (Wildman–Crippen MR) is 70.1 cm³/mol. The molecular formula is C11H8BrClO2S. The molecule has 0 aliphatic carbocycles. The van der Waals surface area contributed by atoms with E-state index in [0.717, 1.165) is 15.2 Å². The van der Waals surface area contributed by atoms with Gasteiger partial charge < -0.3 is 0 Å². The minimum Gasteiger partial charge on any atom is -0.212 e. The quantitative estimate of drug-likeness (QED) is 0.792. The maximum Gasteiger partial charge on any atom is 0.236 e. The van der Waals surface area contributed by atoms with E-state index >= 15 is 0 Å². The van der Waals surface area contributed by atoms with Crippen LogP contribution in [0.4, 0.5) is 0 Å². The second kappa shape index (κ2) is 4.35. The van der Waals surface area contributed by atoms with Crippen molar-refractivity contribution in [1.29, 1.82) is 0 Å². The van der Waals surface area contributed by atoms with Crippen LogP contribution in [0.25, 0.3) is 10.8 Å². The van der Waals surface area contributed by atoms with Crippen molar-refractivity contribution in [3.05, 3.63) is 46.4 Å². The predicted octanol–water partition coefficient (Wildman–Crippen LogP) is 3.67. The van der Waals surface area contributed by atoms with E-state index in [1.54, 1.807) is 6.07 Å². The highest BCUT2D eigenvalue weighted by Gasteiger charge is 2.11. The van der Waals surface area contributed by atoms with Crippen LogP contribution in [0.3, 0.4) is 0 Å². The number of rotatable bonds is 2. The smallest absolute Gasteiger partial charge is 0.212 e. The molecule has 0 bridgehead atoms. The van der Waals surface area contributed by atoms with Crippen LogP contribution in [0.1, 0.15) is 5.56 Å². The van der Waals surface area contributed by atoms with Gasteiger partial charge >= 0.3 is 0 Å². The Morgan fingerprint density at radius 1 is 1.06 bits per heavy atom. The molecule has 0 aromatic heterocycles. The zero-order chi connectivity index (χ0) is 11.8. The summed E-state index contributed by atoms with van der Waals surface area (Å²) in [4.78, 5) is 0. The summed E-state index contributed by atoms with van der Waals surface area (Å²) in [7, 11) is 1.74. The van der Waals surface area contributed by atoms with Crippen molar-refractivity contribution in [1.82, 2.24) is 0 Å². The van der Waals surface area contributed by atoms with Crippen molar-refractivity contribution in [2.24, 2.45) is 0 Å². The average Bonchev–Trinajstić information content (AvgIpc) is 2.21. The SMILES string of the molecule is O=S(=O)(Cl)Cc1ccc(Br)c2ccccc12. The minimum atomic E-state index is -3.52. The highest BCUT2D eigenvalue weighted by molar-refractivity contribution is 9.10. The summed E-state index contributed by atoms with van der Waals surface area (Å²) in [6, 6.07) is 11.2. The van der Waals surface area contributed by atoms with Crippen molar-refractivity contribution in [2.75, 3.05) is 0 Å². The Hall–Kier alpha value is -0.580. The van der Waals surface area contributed by atoms with Gasteiger partial charge in [-0.3, -0.25) is 0 Å². The first-order valence-electron chi connectivity index (χ1n) is 4.56. The van der Waals surface area contributed by atoms with Gasteiger partial charge in [-0.05, 0) is 22.4 Å². The van der Waals surface area contributed by atoms with Crippen molar-refractivity contribution in [2.45, 2.75) is 5.75 Å². The number of hydrogen-bond acceptors (Lipinski definition) is 2. The van der Waals surface area contributed by atoms with Gasteiger partial charge in [-0.2, -0.15) is 0 Å². The molecule has 0 aliphatic rings. The lowest BCUT2D eigenvalue weighted by molar-refractivity contribution is 0.609. The Bertz CT molecular complexity index is 637. The first-order valence-corrected chi connectivity index (χ1v) is 7.83. The Morgan fingerprint density at radius 3 is 2.31 bits per heavy atom. The van der Waals surface area contributed by atoms with Crippen molar-refractivity contribution in [3.63, 3.8) is 0 Å². The zero-order valence-electron chi connectivity index (χ0n) is 8.15. The lowest BCUT2D eigenvalue weighted by Crippen LogP contribution is -1.96. The van der Waals surface area contributed by atoms with Crippen LogP contribution >= 0.6 is 26.6 Å². The fraction of sp³-hybridized carbons (Fsp3) is 0.0909. The van der Waals surface area contributed by atoms with E-state index in [9.17, 15) is 8.42 Å². The van der Waals surface area contributed by atoms with Crippen LogP contribution in [0.2, 0.25) is 0 Å². The number of hydrogen-bond donors (Lipinski definition) is 0. The molecule has 2 aromatic carbocycles. The topological polar surface area (TPSA) is 34.1 Å². The molecule has 0 unspecified atom stereocenters. The third kappa shape index (κ3) is 2.56. The van der Waals surface area contributed by atoms with Gasteiger partial charge in [-0.15, -0.1) is 0 Å². The monoisotopic (exact) mass is 318 g/mol.